The Morgan fingerprint density at radius 2 is 1.21 bits per heavy atom. The highest BCUT2D eigenvalue weighted by Crippen LogP contribution is 2.49. The molecule has 4 aromatic rings. The van der Waals surface area contributed by atoms with E-state index in [-0.39, 0.29) is 16.8 Å². The first-order valence-electron chi connectivity index (χ1n) is 23.7. The number of fused-ring (bicyclic) bond motifs is 4. The van der Waals surface area contributed by atoms with Gasteiger partial charge in [0.05, 0.1) is 23.3 Å². The summed E-state index contributed by atoms with van der Waals surface area (Å²) in [5, 5.41) is 31.8. The van der Waals surface area contributed by atoms with Crippen molar-refractivity contribution in [3.05, 3.63) is 142 Å². The van der Waals surface area contributed by atoms with Gasteiger partial charge in [-0.05, 0) is 133 Å². The van der Waals surface area contributed by atoms with Crippen LogP contribution in [0.25, 0.3) is 39.0 Å². The number of carbonyl (C=O) groups is 2. The number of nitrogen functional groups attached to an aromatic ring is 1. The molecule has 12 nitrogen and oxygen atoms in total. The second kappa shape index (κ2) is 20.9. The Balaban J connectivity index is 0.000000201. The van der Waals surface area contributed by atoms with E-state index in [9.17, 15) is 19.8 Å². The van der Waals surface area contributed by atoms with Crippen molar-refractivity contribution in [1.29, 1.82) is 5.41 Å². The fourth-order valence-corrected chi connectivity index (χ4v) is 9.34. The van der Waals surface area contributed by atoms with Crippen LogP contribution in [0, 0.1) is 5.41 Å². The number of aliphatic carboxylic acids is 1. The Kier molecular flexibility index (Phi) is 14.9. The third-order valence-electron chi connectivity index (χ3n) is 12.9. The van der Waals surface area contributed by atoms with Crippen LogP contribution < -0.4 is 40.2 Å². The van der Waals surface area contributed by atoms with E-state index >= 15 is 0 Å². The fraction of sp³-hybridized carbons (Fsp3) is 0.286. The van der Waals surface area contributed by atoms with Gasteiger partial charge in [0.15, 0.2) is 0 Å². The van der Waals surface area contributed by atoms with Crippen LogP contribution in [0.4, 0.5) is 22.7 Å². The number of nitrogens with two attached hydrogens (primary N) is 1. The van der Waals surface area contributed by atoms with Crippen molar-refractivity contribution in [2.45, 2.75) is 55.4 Å². The number of ether oxygens (including phenoxy) is 1. The minimum absolute atomic E-state index is 0.101. The minimum Gasteiger partial charge on any atom is -0.545 e. The molecule has 0 amide bonds. The molecule has 0 aromatic heterocycles. The number of nitrogens with one attached hydrogen (secondary N) is 1. The van der Waals surface area contributed by atoms with Crippen LogP contribution in [0.5, 0.6) is 11.5 Å². The molecule has 0 spiro atoms. The molecule has 0 saturated carbocycles. The van der Waals surface area contributed by atoms with Crippen LogP contribution in [0.1, 0.15) is 76.9 Å². The molecular weight excluding hydrogens is 853 g/mol. The van der Waals surface area contributed by atoms with Gasteiger partial charge in [-0.3, -0.25) is 0 Å². The summed E-state index contributed by atoms with van der Waals surface area (Å²) in [7, 11) is 0. The molecule has 8 rings (SSSR count). The topological polar surface area (TPSA) is 162 Å². The van der Waals surface area contributed by atoms with Crippen molar-refractivity contribution in [2.75, 3.05) is 72.8 Å². The highest BCUT2D eigenvalue weighted by atomic mass is 16.5. The lowest BCUT2D eigenvalue weighted by Crippen LogP contribution is -2.29. The molecule has 352 valence electrons. The molecular formula is C56H62N6O6. The van der Waals surface area contributed by atoms with Gasteiger partial charge in [0.1, 0.15) is 35.9 Å². The molecule has 2 aliphatic heterocycles. The van der Waals surface area contributed by atoms with E-state index in [1.54, 1.807) is 24.3 Å². The van der Waals surface area contributed by atoms with Crippen molar-refractivity contribution in [2.24, 2.45) is 0 Å². The third-order valence-corrected chi connectivity index (χ3v) is 12.9. The van der Waals surface area contributed by atoms with Crippen LogP contribution in [0.15, 0.2) is 125 Å². The van der Waals surface area contributed by atoms with Gasteiger partial charge < -0.3 is 50.0 Å². The first-order chi connectivity index (χ1) is 32.8. The van der Waals surface area contributed by atoms with E-state index in [4.69, 9.17) is 20.3 Å². The zero-order chi connectivity index (χ0) is 48.8. The third kappa shape index (κ3) is 9.49. The molecule has 0 saturated heterocycles. The summed E-state index contributed by atoms with van der Waals surface area (Å²) in [4.78, 5) is 30.9. The van der Waals surface area contributed by atoms with E-state index in [1.165, 1.54) is 12.1 Å². The molecule has 68 heavy (non-hydrogen) atoms. The normalized spacial score (nSPS) is 12.7. The molecule has 0 radical (unpaired) electrons. The van der Waals surface area contributed by atoms with Crippen LogP contribution in [-0.2, 0) is 4.79 Å². The Hall–Kier alpha value is -7.60. The molecule has 12 heteroatoms. The SMILES string of the molecule is CCN(CC)c1ccc2c(-c3cc(N)ccc3C(=O)[O-])c3ccc(=[N+](CC)CC)cc-3oc2c1.CCN(CC)c1ccc2c(c1)Oc1cc(N(CC)CC)ccc1C2=C1C=CC(=N)C=C1C(=O)O. The highest BCUT2D eigenvalue weighted by Gasteiger charge is 2.30. The van der Waals surface area contributed by atoms with E-state index in [0.717, 1.165) is 108 Å². The van der Waals surface area contributed by atoms with Gasteiger partial charge in [0.2, 0.25) is 5.36 Å². The van der Waals surface area contributed by atoms with Crippen molar-refractivity contribution in [1.82, 2.24) is 4.58 Å². The van der Waals surface area contributed by atoms with Crippen molar-refractivity contribution >= 4 is 56.9 Å². The van der Waals surface area contributed by atoms with Crippen molar-refractivity contribution in [3.8, 4) is 33.9 Å². The number of nitrogens with zero attached hydrogens (tertiary/aromatic N) is 4. The summed E-state index contributed by atoms with van der Waals surface area (Å²) in [6, 6.07) is 29.2. The lowest BCUT2D eigenvalue weighted by atomic mass is 9.84. The second-order valence-corrected chi connectivity index (χ2v) is 16.5. The van der Waals surface area contributed by atoms with Gasteiger partial charge in [-0.25, -0.2) is 9.37 Å². The Bertz CT molecular complexity index is 2970. The van der Waals surface area contributed by atoms with Gasteiger partial charge in [0.25, 0.3) is 0 Å². The quantitative estimate of drug-likeness (QED) is 0.0544. The molecule has 2 heterocycles. The Labute approximate surface area is 399 Å². The fourth-order valence-electron chi connectivity index (χ4n) is 9.34. The monoisotopic (exact) mass is 914 g/mol. The maximum atomic E-state index is 12.1. The van der Waals surface area contributed by atoms with Crippen LogP contribution in [0.3, 0.4) is 0 Å². The van der Waals surface area contributed by atoms with Crippen LogP contribution >= 0.6 is 0 Å². The lowest BCUT2D eigenvalue weighted by Gasteiger charge is -2.30. The summed E-state index contributed by atoms with van der Waals surface area (Å²) < 4.78 is 15.2. The lowest BCUT2D eigenvalue weighted by molar-refractivity contribution is -0.254. The summed E-state index contributed by atoms with van der Waals surface area (Å²) in [6.45, 7) is 24.0. The summed E-state index contributed by atoms with van der Waals surface area (Å²) in [5.74, 6) is -0.192. The predicted octanol–water partition coefficient (Wildman–Crippen LogP) is 9.70. The molecule has 4 aliphatic rings. The maximum Gasteiger partial charge on any atom is 0.336 e. The number of carbonyl (C=O) groups excluding carboxylic acids is 1. The average Bonchev–Trinajstić information content (AvgIpc) is 3.34. The van der Waals surface area contributed by atoms with Crippen LogP contribution in [0.2, 0.25) is 0 Å². The van der Waals surface area contributed by atoms with Crippen molar-refractivity contribution < 1.29 is 29.0 Å². The van der Waals surface area contributed by atoms with E-state index in [1.807, 2.05) is 48.5 Å². The average molecular weight is 915 g/mol. The van der Waals surface area contributed by atoms with Gasteiger partial charge in [0, 0.05) is 125 Å². The number of benzene rings is 5. The predicted molar refractivity (Wildman–Crippen MR) is 276 cm³/mol. The van der Waals surface area contributed by atoms with E-state index in [2.05, 4.69) is 98.9 Å². The molecule has 0 bridgehead atoms. The zero-order valence-corrected chi connectivity index (χ0v) is 40.4. The first kappa shape index (κ1) is 48.3. The highest BCUT2D eigenvalue weighted by molar-refractivity contribution is 6.14. The number of carboxylic acid groups (broad SMARTS) is 2. The standard InChI is InChI=1S/2C28H31N3O3/c1-5-30(6-2)19-10-13-22-25(16-19)34-26-17-20(31(7-3)8-4)11-14-23(26)27(22)24-15-18(29)9-12-21(24)28(32)33;1-5-30(6-2)19-10-13-22-25(16-19)34-26-17-20(31(7-3)8-4)11-14-23(26)27(22)21-12-9-18(29)15-24(21)28(32)33/h9-17H,5-8,29H2,1-4H3;9-17,29H,5-8H2,1-4H3,(H,32,33). The number of carboxylic acids is 2. The minimum atomic E-state index is -1.24. The van der Waals surface area contributed by atoms with Gasteiger partial charge in [-0.15, -0.1) is 0 Å². The maximum absolute atomic E-state index is 12.1. The van der Waals surface area contributed by atoms with E-state index < -0.39 is 11.9 Å². The molecule has 0 fully saturated rings. The van der Waals surface area contributed by atoms with Crippen molar-refractivity contribution in [3.63, 3.8) is 0 Å². The summed E-state index contributed by atoms with van der Waals surface area (Å²) >= 11 is 0. The first-order valence-corrected chi connectivity index (χ1v) is 23.7. The number of anilines is 4. The Morgan fingerprint density at radius 1 is 0.662 bits per heavy atom. The van der Waals surface area contributed by atoms with E-state index in [0.29, 0.717) is 39.7 Å². The molecule has 0 atom stereocenters. The number of rotatable bonds is 14. The van der Waals surface area contributed by atoms with Gasteiger partial charge >= 0.3 is 5.97 Å². The number of hydrogen-bond donors (Lipinski definition) is 3. The number of allylic oxidation sites excluding steroid dienone is 3. The smallest absolute Gasteiger partial charge is 0.336 e. The molecule has 4 aromatic carbocycles. The molecule has 4 N–H and O–H groups in total. The summed E-state index contributed by atoms with van der Waals surface area (Å²) in [6.07, 6.45) is 4.78. The second-order valence-electron chi connectivity index (χ2n) is 16.5. The Morgan fingerprint density at radius 3 is 1.74 bits per heavy atom. The number of hydrogen-bond acceptors (Lipinski definition) is 10. The molecule has 2 aliphatic carbocycles. The van der Waals surface area contributed by atoms with Gasteiger partial charge in [-0.1, -0.05) is 12.1 Å². The number of aromatic carboxylic acids is 1. The zero-order valence-electron chi connectivity index (χ0n) is 40.4. The molecule has 0 unspecified atom stereocenters. The van der Waals surface area contributed by atoms with Crippen LogP contribution in [-0.4, -0.2) is 75.1 Å². The summed E-state index contributed by atoms with van der Waals surface area (Å²) in [5.41, 5.74) is 16.1. The largest absolute Gasteiger partial charge is 0.545 e. The van der Waals surface area contributed by atoms with Gasteiger partial charge in [-0.2, -0.15) is 0 Å².